The fourth-order valence-corrected chi connectivity index (χ4v) is 3.90. The number of hydrogen-bond donors (Lipinski definition) is 1. The summed E-state index contributed by atoms with van der Waals surface area (Å²) in [7, 11) is 0. The first-order chi connectivity index (χ1) is 12.3. The maximum Gasteiger partial charge on any atom is 0.224 e. The number of nitrogens with zero attached hydrogens (tertiary/aromatic N) is 4. The molecule has 132 valence electrons. The molecule has 2 heterocycles. The minimum atomic E-state index is 0.537. The zero-order chi connectivity index (χ0) is 17.1. The number of halogens is 1. The van der Waals surface area contributed by atoms with Gasteiger partial charge >= 0.3 is 0 Å². The molecule has 1 N–H and O–H groups in total. The third kappa shape index (κ3) is 3.98. The fraction of sp³-hybridized carbons (Fsp3) is 0.474. The van der Waals surface area contributed by atoms with Crippen molar-refractivity contribution in [1.29, 1.82) is 0 Å². The van der Waals surface area contributed by atoms with E-state index in [4.69, 9.17) is 16.6 Å². The molecule has 0 unspecified atom stereocenters. The monoisotopic (exact) mass is 357 g/mol. The lowest BCUT2D eigenvalue weighted by molar-refractivity contribution is 0.646. The SMILES string of the molecule is Clc1cccc(N2CCN(c3ccnc(NC4CCCC4)n3)CC2)c1. The molecule has 1 saturated carbocycles. The molecule has 6 heteroatoms. The molecule has 1 saturated heterocycles. The molecule has 0 radical (unpaired) electrons. The number of aromatic nitrogens is 2. The van der Waals surface area contributed by atoms with Crippen LogP contribution in [0, 0.1) is 0 Å². The Morgan fingerprint density at radius 1 is 1.00 bits per heavy atom. The standard InChI is InChI=1S/C19H24ClN5/c20-15-4-3-7-17(14-15)24-10-12-25(13-11-24)18-8-9-21-19(23-18)22-16-5-1-2-6-16/h3-4,7-9,14,16H,1-2,5-6,10-13H2,(H,21,22,23). The average Bonchev–Trinajstić information content (AvgIpc) is 3.15. The van der Waals surface area contributed by atoms with Crippen molar-refractivity contribution in [1.82, 2.24) is 9.97 Å². The first-order valence-electron chi connectivity index (χ1n) is 9.13. The highest BCUT2D eigenvalue weighted by Gasteiger charge is 2.20. The number of piperazine rings is 1. The fourth-order valence-electron chi connectivity index (χ4n) is 3.71. The highest BCUT2D eigenvalue weighted by Crippen LogP contribution is 2.24. The van der Waals surface area contributed by atoms with Crippen LogP contribution in [0.5, 0.6) is 0 Å². The third-order valence-corrected chi connectivity index (χ3v) is 5.34. The molecule has 1 aromatic carbocycles. The largest absolute Gasteiger partial charge is 0.368 e. The molecule has 25 heavy (non-hydrogen) atoms. The number of hydrogen-bond acceptors (Lipinski definition) is 5. The van der Waals surface area contributed by atoms with Crippen molar-refractivity contribution >= 4 is 29.1 Å². The summed E-state index contributed by atoms with van der Waals surface area (Å²) in [4.78, 5) is 13.8. The van der Waals surface area contributed by atoms with Gasteiger partial charge in [-0.2, -0.15) is 4.98 Å². The van der Waals surface area contributed by atoms with E-state index in [0.717, 1.165) is 43.0 Å². The number of nitrogens with one attached hydrogen (secondary N) is 1. The predicted molar refractivity (Wildman–Crippen MR) is 104 cm³/mol. The lowest BCUT2D eigenvalue weighted by atomic mass is 10.2. The Kier molecular flexibility index (Phi) is 4.92. The van der Waals surface area contributed by atoms with Gasteiger partial charge in [0.15, 0.2) is 0 Å². The van der Waals surface area contributed by atoms with Gasteiger partial charge in [-0.1, -0.05) is 30.5 Å². The van der Waals surface area contributed by atoms with Gasteiger partial charge in [0.05, 0.1) is 0 Å². The molecular formula is C19H24ClN5. The molecule has 2 aromatic rings. The summed E-state index contributed by atoms with van der Waals surface area (Å²) in [5.74, 6) is 1.78. The van der Waals surface area contributed by atoms with Crippen LogP contribution in [0.1, 0.15) is 25.7 Å². The highest BCUT2D eigenvalue weighted by atomic mass is 35.5. The quantitative estimate of drug-likeness (QED) is 0.901. The highest BCUT2D eigenvalue weighted by molar-refractivity contribution is 6.30. The van der Waals surface area contributed by atoms with E-state index in [-0.39, 0.29) is 0 Å². The van der Waals surface area contributed by atoms with Crippen LogP contribution in [0.4, 0.5) is 17.5 Å². The van der Waals surface area contributed by atoms with Crippen LogP contribution < -0.4 is 15.1 Å². The number of rotatable bonds is 4. The van der Waals surface area contributed by atoms with Gasteiger partial charge in [0.1, 0.15) is 5.82 Å². The van der Waals surface area contributed by atoms with Gasteiger partial charge in [-0.3, -0.25) is 0 Å². The Bertz CT molecular complexity index is 708. The van der Waals surface area contributed by atoms with Gasteiger partial charge in [-0.05, 0) is 37.1 Å². The zero-order valence-corrected chi connectivity index (χ0v) is 15.1. The molecule has 0 amide bonds. The van der Waals surface area contributed by atoms with E-state index in [1.807, 2.05) is 30.5 Å². The summed E-state index contributed by atoms with van der Waals surface area (Å²) in [5.41, 5.74) is 1.19. The van der Waals surface area contributed by atoms with Gasteiger partial charge in [-0.15, -0.1) is 0 Å². The summed E-state index contributed by atoms with van der Waals surface area (Å²) in [6, 6.07) is 10.6. The van der Waals surface area contributed by atoms with E-state index in [2.05, 4.69) is 26.2 Å². The first-order valence-corrected chi connectivity index (χ1v) is 9.51. The first kappa shape index (κ1) is 16.5. The van der Waals surface area contributed by atoms with Crippen LogP contribution in [0.2, 0.25) is 5.02 Å². The maximum absolute atomic E-state index is 6.11. The molecule has 0 atom stereocenters. The van der Waals surface area contributed by atoms with Gasteiger partial charge < -0.3 is 15.1 Å². The van der Waals surface area contributed by atoms with Crippen LogP contribution in [0.25, 0.3) is 0 Å². The van der Waals surface area contributed by atoms with Gasteiger partial charge in [0.2, 0.25) is 5.95 Å². The Morgan fingerprint density at radius 3 is 2.52 bits per heavy atom. The predicted octanol–water partition coefficient (Wildman–Crippen LogP) is 3.81. The van der Waals surface area contributed by atoms with Crippen molar-refractivity contribution in [2.45, 2.75) is 31.7 Å². The normalized spacial score (nSPS) is 18.6. The second-order valence-corrected chi connectivity index (χ2v) is 7.25. The van der Waals surface area contributed by atoms with Gasteiger partial charge in [0.25, 0.3) is 0 Å². The number of benzene rings is 1. The molecule has 1 aliphatic heterocycles. The average molecular weight is 358 g/mol. The summed E-state index contributed by atoms with van der Waals surface area (Å²) < 4.78 is 0. The van der Waals surface area contributed by atoms with Crippen molar-refractivity contribution in [3.8, 4) is 0 Å². The van der Waals surface area contributed by atoms with Crippen molar-refractivity contribution in [3.05, 3.63) is 41.6 Å². The zero-order valence-electron chi connectivity index (χ0n) is 14.4. The van der Waals surface area contributed by atoms with Crippen molar-refractivity contribution in [3.63, 3.8) is 0 Å². The van der Waals surface area contributed by atoms with Crippen LogP contribution in [-0.4, -0.2) is 42.2 Å². The summed E-state index contributed by atoms with van der Waals surface area (Å²) in [5, 5.41) is 4.28. The Morgan fingerprint density at radius 2 is 1.76 bits per heavy atom. The second-order valence-electron chi connectivity index (χ2n) is 6.82. The third-order valence-electron chi connectivity index (χ3n) is 5.11. The van der Waals surface area contributed by atoms with Crippen LogP contribution in [-0.2, 0) is 0 Å². The molecule has 4 rings (SSSR count). The summed E-state index contributed by atoms with van der Waals surface area (Å²) in [6.45, 7) is 3.84. The van der Waals surface area contributed by atoms with E-state index >= 15 is 0 Å². The molecule has 2 aliphatic rings. The molecule has 1 aromatic heterocycles. The van der Waals surface area contributed by atoms with Crippen molar-refractivity contribution in [2.75, 3.05) is 41.3 Å². The van der Waals surface area contributed by atoms with Crippen molar-refractivity contribution < 1.29 is 0 Å². The van der Waals surface area contributed by atoms with Crippen molar-refractivity contribution in [2.24, 2.45) is 0 Å². The smallest absolute Gasteiger partial charge is 0.224 e. The molecule has 0 spiro atoms. The van der Waals surface area contributed by atoms with Crippen LogP contribution >= 0.6 is 11.6 Å². The Hall–Kier alpha value is -2.01. The maximum atomic E-state index is 6.11. The molecule has 1 aliphatic carbocycles. The van der Waals surface area contributed by atoms with Gasteiger partial charge in [0, 0.05) is 49.1 Å². The summed E-state index contributed by atoms with van der Waals surface area (Å²) in [6.07, 6.45) is 6.94. The Labute approximate surface area is 154 Å². The second kappa shape index (κ2) is 7.48. The van der Waals surface area contributed by atoms with E-state index < -0.39 is 0 Å². The molecule has 2 fully saturated rings. The van der Waals surface area contributed by atoms with Crippen LogP contribution in [0.15, 0.2) is 36.5 Å². The van der Waals surface area contributed by atoms with Crippen LogP contribution in [0.3, 0.4) is 0 Å². The lowest BCUT2D eigenvalue weighted by Crippen LogP contribution is -2.46. The van der Waals surface area contributed by atoms with E-state index in [1.165, 1.54) is 31.4 Å². The number of anilines is 3. The minimum Gasteiger partial charge on any atom is -0.368 e. The molecule has 0 bridgehead atoms. The van der Waals surface area contributed by atoms with E-state index in [0.29, 0.717) is 6.04 Å². The minimum absolute atomic E-state index is 0.537. The topological polar surface area (TPSA) is 44.3 Å². The molecular weight excluding hydrogens is 334 g/mol. The summed E-state index contributed by atoms with van der Waals surface area (Å²) >= 11 is 6.11. The van der Waals surface area contributed by atoms with E-state index in [1.54, 1.807) is 0 Å². The van der Waals surface area contributed by atoms with Gasteiger partial charge in [-0.25, -0.2) is 4.98 Å². The Balaban J connectivity index is 1.38. The lowest BCUT2D eigenvalue weighted by Gasteiger charge is -2.36. The molecule has 5 nitrogen and oxygen atoms in total. The van der Waals surface area contributed by atoms with E-state index in [9.17, 15) is 0 Å².